The van der Waals surface area contributed by atoms with Gasteiger partial charge in [-0.25, -0.2) is 0 Å². The zero-order valence-corrected chi connectivity index (χ0v) is 8.52. The maximum Gasteiger partial charge on any atom is 0.0477 e. The van der Waals surface area contributed by atoms with Crippen LogP contribution in [0, 0.1) is 5.41 Å². The number of rotatable bonds is 6. The third-order valence-electron chi connectivity index (χ3n) is 2.57. The normalized spacial score (nSPS) is 25.8. The Balaban J connectivity index is 1.85. The van der Waals surface area contributed by atoms with E-state index < -0.39 is 0 Å². The van der Waals surface area contributed by atoms with E-state index in [2.05, 4.69) is 19.2 Å². The van der Waals surface area contributed by atoms with Crippen LogP contribution in [0.15, 0.2) is 0 Å². The summed E-state index contributed by atoms with van der Waals surface area (Å²) in [5.41, 5.74) is 0.561. The lowest BCUT2D eigenvalue weighted by Gasteiger charge is -2.05. The van der Waals surface area contributed by atoms with E-state index in [9.17, 15) is 0 Å². The Morgan fingerprint density at radius 1 is 1.50 bits per heavy atom. The first-order valence-corrected chi connectivity index (χ1v) is 4.98. The molecule has 0 aromatic rings. The van der Waals surface area contributed by atoms with Gasteiger partial charge in [-0.15, -0.1) is 0 Å². The zero-order valence-electron chi connectivity index (χ0n) is 8.52. The van der Waals surface area contributed by atoms with Gasteiger partial charge in [-0.2, -0.15) is 0 Å². The van der Waals surface area contributed by atoms with E-state index in [1.165, 1.54) is 6.42 Å². The van der Waals surface area contributed by atoms with Gasteiger partial charge < -0.3 is 10.1 Å². The molecule has 2 heteroatoms. The van der Waals surface area contributed by atoms with Gasteiger partial charge in [-0.3, -0.25) is 0 Å². The second-order valence-corrected chi connectivity index (χ2v) is 4.25. The molecule has 72 valence electrons. The van der Waals surface area contributed by atoms with Gasteiger partial charge in [0.25, 0.3) is 0 Å². The van der Waals surface area contributed by atoms with Gasteiger partial charge >= 0.3 is 0 Å². The number of ether oxygens (including phenoxy) is 1. The standard InChI is InChI=1S/C10H21NO/c1-4-12-7-5-6-11-9-8-10(9,2)3/h9,11H,4-8H2,1-3H3. The molecule has 0 saturated heterocycles. The summed E-state index contributed by atoms with van der Waals surface area (Å²) in [7, 11) is 0. The van der Waals surface area contributed by atoms with Crippen LogP contribution in [-0.2, 0) is 4.74 Å². The highest BCUT2D eigenvalue weighted by atomic mass is 16.5. The van der Waals surface area contributed by atoms with Crippen LogP contribution in [0.2, 0.25) is 0 Å². The molecule has 0 bridgehead atoms. The summed E-state index contributed by atoms with van der Waals surface area (Å²) in [6.07, 6.45) is 2.47. The van der Waals surface area contributed by atoms with Crippen molar-refractivity contribution in [1.82, 2.24) is 5.32 Å². The molecule has 0 aromatic heterocycles. The van der Waals surface area contributed by atoms with Crippen molar-refractivity contribution in [2.75, 3.05) is 19.8 Å². The average molecular weight is 171 g/mol. The van der Waals surface area contributed by atoms with E-state index in [4.69, 9.17) is 4.74 Å². The molecule has 12 heavy (non-hydrogen) atoms. The van der Waals surface area contributed by atoms with E-state index in [-0.39, 0.29) is 0 Å². The fourth-order valence-electron chi connectivity index (χ4n) is 1.41. The summed E-state index contributed by atoms with van der Waals surface area (Å²) in [5, 5.41) is 3.53. The minimum atomic E-state index is 0.561. The maximum atomic E-state index is 5.25. The highest BCUT2D eigenvalue weighted by Gasteiger charge is 2.44. The predicted molar refractivity (Wildman–Crippen MR) is 51.3 cm³/mol. The van der Waals surface area contributed by atoms with Gasteiger partial charge in [0, 0.05) is 19.3 Å². The first-order chi connectivity index (χ1) is 5.67. The summed E-state index contributed by atoms with van der Waals surface area (Å²) in [5.74, 6) is 0. The summed E-state index contributed by atoms with van der Waals surface area (Å²) in [4.78, 5) is 0. The Labute approximate surface area is 75.7 Å². The van der Waals surface area contributed by atoms with Crippen molar-refractivity contribution in [3.05, 3.63) is 0 Å². The fourth-order valence-corrected chi connectivity index (χ4v) is 1.41. The molecule has 0 spiro atoms. The molecule has 2 nitrogen and oxygen atoms in total. The quantitative estimate of drug-likeness (QED) is 0.615. The molecule has 1 N–H and O–H groups in total. The summed E-state index contributed by atoms with van der Waals surface area (Å²) >= 11 is 0. The lowest BCUT2D eigenvalue weighted by atomic mass is 10.2. The van der Waals surface area contributed by atoms with E-state index in [0.29, 0.717) is 5.41 Å². The largest absolute Gasteiger partial charge is 0.382 e. The van der Waals surface area contributed by atoms with Crippen molar-refractivity contribution in [3.63, 3.8) is 0 Å². The van der Waals surface area contributed by atoms with Crippen molar-refractivity contribution in [2.24, 2.45) is 5.41 Å². The molecule has 1 saturated carbocycles. The van der Waals surface area contributed by atoms with Gasteiger partial charge in [-0.05, 0) is 31.7 Å². The molecule has 1 aliphatic rings. The Morgan fingerprint density at radius 2 is 2.17 bits per heavy atom. The minimum Gasteiger partial charge on any atom is -0.382 e. The Hall–Kier alpha value is -0.0800. The Morgan fingerprint density at radius 3 is 2.67 bits per heavy atom. The molecule has 0 radical (unpaired) electrons. The maximum absolute atomic E-state index is 5.25. The van der Waals surface area contributed by atoms with Crippen molar-refractivity contribution >= 4 is 0 Å². The first kappa shape index (κ1) is 10.0. The Kier molecular flexibility index (Phi) is 3.53. The van der Waals surface area contributed by atoms with E-state index in [1.54, 1.807) is 0 Å². The number of hydrogen-bond acceptors (Lipinski definition) is 2. The summed E-state index contributed by atoms with van der Waals surface area (Å²) in [6.45, 7) is 9.51. The summed E-state index contributed by atoms with van der Waals surface area (Å²) < 4.78 is 5.25. The predicted octanol–water partition coefficient (Wildman–Crippen LogP) is 1.80. The van der Waals surface area contributed by atoms with Crippen LogP contribution < -0.4 is 5.32 Å². The zero-order chi connectivity index (χ0) is 9.03. The van der Waals surface area contributed by atoms with Gasteiger partial charge in [-0.1, -0.05) is 13.8 Å². The van der Waals surface area contributed by atoms with Crippen LogP contribution in [0.25, 0.3) is 0 Å². The number of nitrogens with one attached hydrogen (secondary N) is 1. The average Bonchev–Trinajstić information content (AvgIpc) is 2.59. The van der Waals surface area contributed by atoms with Gasteiger partial charge in [0.15, 0.2) is 0 Å². The monoisotopic (exact) mass is 171 g/mol. The van der Waals surface area contributed by atoms with Crippen molar-refractivity contribution < 1.29 is 4.74 Å². The highest BCUT2D eigenvalue weighted by Crippen LogP contribution is 2.44. The van der Waals surface area contributed by atoms with Crippen molar-refractivity contribution in [2.45, 2.75) is 39.7 Å². The number of hydrogen-bond donors (Lipinski definition) is 1. The minimum absolute atomic E-state index is 0.561. The van der Waals surface area contributed by atoms with Gasteiger partial charge in [0.1, 0.15) is 0 Å². The third-order valence-corrected chi connectivity index (χ3v) is 2.57. The van der Waals surface area contributed by atoms with E-state index >= 15 is 0 Å². The molecule has 0 heterocycles. The molecular weight excluding hydrogens is 150 g/mol. The molecule has 1 unspecified atom stereocenters. The van der Waals surface area contributed by atoms with Crippen molar-refractivity contribution in [3.8, 4) is 0 Å². The Bertz CT molecular complexity index is 134. The molecule has 0 aromatic carbocycles. The van der Waals surface area contributed by atoms with Crippen LogP contribution in [0.5, 0.6) is 0 Å². The lowest BCUT2D eigenvalue weighted by molar-refractivity contribution is 0.144. The smallest absolute Gasteiger partial charge is 0.0477 e. The molecule has 0 aliphatic heterocycles. The van der Waals surface area contributed by atoms with Crippen LogP contribution >= 0.6 is 0 Å². The first-order valence-electron chi connectivity index (χ1n) is 4.98. The van der Waals surface area contributed by atoms with Crippen LogP contribution in [0.4, 0.5) is 0 Å². The topological polar surface area (TPSA) is 21.3 Å². The lowest BCUT2D eigenvalue weighted by Crippen LogP contribution is -2.22. The molecule has 1 atom stereocenters. The SMILES string of the molecule is CCOCCCNC1CC1(C)C. The van der Waals surface area contributed by atoms with E-state index in [1.807, 2.05) is 6.92 Å². The second kappa shape index (κ2) is 4.24. The molecule has 1 aliphatic carbocycles. The van der Waals surface area contributed by atoms with E-state index in [0.717, 1.165) is 32.2 Å². The van der Waals surface area contributed by atoms with Gasteiger partial charge in [0.05, 0.1) is 0 Å². The molecule has 1 fully saturated rings. The van der Waals surface area contributed by atoms with Crippen LogP contribution in [0.3, 0.4) is 0 Å². The highest BCUT2D eigenvalue weighted by molar-refractivity contribution is 5.01. The fraction of sp³-hybridized carbons (Fsp3) is 1.00. The molecule has 1 rings (SSSR count). The third kappa shape index (κ3) is 3.11. The summed E-state index contributed by atoms with van der Waals surface area (Å²) in [6, 6.07) is 0.763. The van der Waals surface area contributed by atoms with Crippen LogP contribution in [-0.4, -0.2) is 25.8 Å². The molecular formula is C10H21NO. The van der Waals surface area contributed by atoms with Crippen molar-refractivity contribution in [1.29, 1.82) is 0 Å². The molecule has 0 amide bonds. The second-order valence-electron chi connectivity index (χ2n) is 4.25. The van der Waals surface area contributed by atoms with Gasteiger partial charge in [0.2, 0.25) is 0 Å². The van der Waals surface area contributed by atoms with Crippen LogP contribution in [0.1, 0.15) is 33.6 Å².